The number of aliphatic hydroxyl groups is 1. The van der Waals surface area contributed by atoms with Crippen LogP contribution in [0.5, 0.6) is 5.75 Å². The summed E-state index contributed by atoms with van der Waals surface area (Å²) in [5.74, 6) is 0.798. The number of ether oxygens (including phenoxy) is 2. The van der Waals surface area contributed by atoms with Crippen LogP contribution in [-0.4, -0.2) is 60.8 Å². The van der Waals surface area contributed by atoms with E-state index in [1.54, 1.807) is 31.4 Å². The van der Waals surface area contributed by atoms with Crippen LogP contribution in [0.3, 0.4) is 0 Å². The number of aliphatic hydroxyl groups excluding tert-OH is 1. The third-order valence-electron chi connectivity index (χ3n) is 3.53. The fraction of sp³-hybridized carbons (Fsp3) is 0.562. The molecule has 0 bridgehead atoms. The molecule has 1 N–H and O–H groups in total. The second-order valence-corrected chi connectivity index (χ2v) is 6.00. The molecule has 5 nitrogen and oxygen atoms in total. The van der Waals surface area contributed by atoms with E-state index in [0.717, 1.165) is 5.75 Å². The van der Waals surface area contributed by atoms with Crippen molar-refractivity contribution < 1.29 is 19.4 Å². The number of methoxy groups -OCH3 is 1. The molecule has 1 atom stereocenters. The number of hydrogen-bond donors (Lipinski definition) is 1. The van der Waals surface area contributed by atoms with Crippen LogP contribution in [0.15, 0.2) is 24.3 Å². The van der Waals surface area contributed by atoms with Gasteiger partial charge < -0.3 is 14.6 Å². The number of rotatable bonds is 5. The van der Waals surface area contributed by atoms with E-state index in [-0.39, 0.29) is 24.1 Å². The summed E-state index contributed by atoms with van der Waals surface area (Å²) in [4.78, 5) is 14.4. The maximum absolute atomic E-state index is 12.3. The lowest BCUT2D eigenvalue weighted by molar-refractivity contribution is -0.146. The zero-order chi connectivity index (χ0) is 15.5. The van der Waals surface area contributed by atoms with Crippen LogP contribution < -0.4 is 4.74 Å². The fourth-order valence-electron chi connectivity index (χ4n) is 2.70. The van der Waals surface area contributed by atoms with Crippen molar-refractivity contribution in [2.24, 2.45) is 0 Å². The molecule has 1 aromatic rings. The summed E-state index contributed by atoms with van der Waals surface area (Å²) in [5.41, 5.74) is 0.312. The topological polar surface area (TPSA) is 59.0 Å². The Bertz CT molecular complexity index is 484. The number of Topliss-reactive ketones (excluding diaryl/α,β-unsaturated/α-hetero) is 1. The molecule has 5 heteroatoms. The normalized spacial score (nSPS) is 22.0. The maximum atomic E-state index is 12.3. The molecule has 1 saturated heterocycles. The molecular formula is C16H23NO4. The van der Waals surface area contributed by atoms with Crippen LogP contribution in [0, 0.1) is 0 Å². The van der Waals surface area contributed by atoms with E-state index in [0.29, 0.717) is 25.2 Å². The predicted octanol–water partition coefficient (Wildman–Crippen LogP) is 1.35. The van der Waals surface area contributed by atoms with Crippen molar-refractivity contribution in [3.8, 4) is 5.75 Å². The molecule has 1 fully saturated rings. The molecule has 0 amide bonds. The monoisotopic (exact) mass is 293 g/mol. The Kier molecular flexibility index (Phi) is 4.98. The highest BCUT2D eigenvalue weighted by Gasteiger charge is 2.33. The summed E-state index contributed by atoms with van der Waals surface area (Å²) in [6, 6.07) is 7.12. The number of hydrogen-bond acceptors (Lipinski definition) is 5. The van der Waals surface area contributed by atoms with Crippen molar-refractivity contribution in [2.45, 2.75) is 25.6 Å². The highest BCUT2D eigenvalue weighted by molar-refractivity contribution is 5.97. The van der Waals surface area contributed by atoms with Gasteiger partial charge in [0.2, 0.25) is 0 Å². The van der Waals surface area contributed by atoms with Crippen LogP contribution in [-0.2, 0) is 4.74 Å². The number of ketones is 1. The van der Waals surface area contributed by atoms with Gasteiger partial charge in [0.1, 0.15) is 5.75 Å². The number of benzene rings is 1. The lowest BCUT2D eigenvalue weighted by atomic mass is 10.0. The molecule has 0 aromatic heterocycles. The van der Waals surface area contributed by atoms with Gasteiger partial charge in [-0.25, -0.2) is 0 Å². The van der Waals surface area contributed by atoms with Crippen LogP contribution in [0.25, 0.3) is 0 Å². The number of carbonyl (C=O) groups is 1. The zero-order valence-electron chi connectivity index (χ0n) is 12.8. The Hall–Kier alpha value is -1.43. The lowest BCUT2D eigenvalue weighted by Gasteiger charge is -2.42. The minimum Gasteiger partial charge on any atom is -0.497 e. The lowest BCUT2D eigenvalue weighted by Crippen LogP contribution is -2.54. The summed E-state index contributed by atoms with van der Waals surface area (Å²) >= 11 is 0. The molecule has 21 heavy (non-hydrogen) atoms. The van der Waals surface area contributed by atoms with E-state index in [1.165, 1.54) is 0 Å². The molecule has 0 radical (unpaired) electrons. The smallest absolute Gasteiger partial charge is 0.176 e. The van der Waals surface area contributed by atoms with Gasteiger partial charge in [0, 0.05) is 18.7 Å². The third kappa shape index (κ3) is 4.27. The first-order valence-electron chi connectivity index (χ1n) is 7.12. The van der Waals surface area contributed by atoms with Crippen molar-refractivity contribution in [1.82, 2.24) is 4.90 Å². The molecule has 1 aliphatic heterocycles. The summed E-state index contributed by atoms with van der Waals surface area (Å²) in [7, 11) is 1.60. The van der Waals surface area contributed by atoms with Gasteiger partial charge in [0.25, 0.3) is 0 Å². The fourth-order valence-corrected chi connectivity index (χ4v) is 2.70. The highest BCUT2D eigenvalue weighted by Crippen LogP contribution is 2.21. The average molecular weight is 293 g/mol. The number of nitrogens with zero attached hydrogens (tertiary/aromatic N) is 1. The van der Waals surface area contributed by atoms with E-state index in [2.05, 4.69) is 0 Å². The van der Waals surface area contributed by atoms with E-state index < -0.39 is 0 Å². The van der Waals surface area contributed by atoms with Gasteiger partial charge in [-0.3, -0.25) is 9.69 Å². The van der Waals surface area contributed by atoms with Gasteiger partial charge in [-0.1, -0.05) is 0 Å². The predicted molar refractivity (Wildman–Crippen MR) is 79.8 cm³/mol. The first kappa shape index (κ1) is 15.9. The molecular weight excluding hydrogens is 270 g/mol. The van der Waals surface area contributed by atoms with Crippen LogP contribution in [0.1, 0.15) is 24.2 Å². The second-order valence-electron chi connectivity index (χ2n) is 6.00. The standard InChI is InChI=1S/C16H23NO4/c1-16(2)11-17(8-14(10-18)21-16)9-15(19)12-4-6-13(20-3)7-5-12/h4-7,14,18H,8-11H2,1-3H3. The van der Waals surface area contributed by atoms with Crippen LogP contribution in [0.2, 0.25) is 0 Å². The van der Waals surface area contributed by atoms with Crippen LogP contribution in [0.4, 0.5) is 0 Å². The Morgan fingerprint density at radius 3 is 2.67 bits per heavy atom. The molecule has 0 spiro atoms. The Morgan fingerprint density at radius 2 is 2.10 bits per heavy atom. The van der Waals surface area contributed by atoms with E-state index in [4.69, 9.17) is 9.47 Å². The van der Waals surface area contributed by atoms with E-state index in [9.17, 15) is 9.90 Å². The summed E-state index contributed by atoms with van der Waals surface area (Å²) in [5, 5.41) is 9.30. The minimum atomic E-state index is -0.355. The molecule has 1 heterocycles. The van der Waals surface area contributed by atoms with E-state index in [1.807, 2.05) is 18.7 Å². The van der Waals surface area contributed by atoms with E-state index >= 15 is 0 Å². The largest absolute Gasteiger partial charge is 0.497 e. The first-order valence-corrected chi connectivity index (χ1v) is 7.12. The van der Waals surface area contributed by atoms with Gasteiger partial charge >= 0.3 is 0 Å². The van der Waals surface area contributed by atoms with Crippen LogP contribution >= 0.6 is 0 Å². The van der Waals surface area contributed by atoms with Crippen molar-refractivity contribution in [2.75, 3.05) is 33.4 Å². The highest BCUT2D eigenvalue weighted by atomic mass is 16.5. The molecule has 1 unspecified atom stereocenters. The van der Waals surface area contributed by atoms with Crippen molar-refractivity contribution in [1.29, 1.82) is 0 Å². The van der Waals surface area contributed by atoms with Gasteiger partial charge in [-0.2, -0.15) is 0 Å². The summed E-state index contributed by atoms with van der Waals surface area (Å²) in [6.07, 6.45) is -0.239. The third-order valence-corrected chi connectivity index (χ3v) is 3.53. The number of morpholine rings is 1. The van der Waals surface area contributed by atoms with Crippen molar-refractivity contribution >= 4 is 5.78 Å². The summed E-state index contributed by atoms with van der Waals surface area (Å²) < 4.78 is 10.8. The van der Waals surface area contributed by atoms with Gasteiger partial charge in [-0.15, -0.1) is 0 Å². The minimum absolute atomic E-state index is 0.0311. The molecule has 1 aromatic carbocycles. The Balaban J connectivity index is 2.00. The van der Waals surface area contributed by atoms with Crippen molar-refractivity contribution in [3.63, 3.8) is 0 Å². The quantitative estimate of drug-likeness (QED) is 0.831. The SMILES string of the molecule is COc1ccc(C(=O)CN2CC(CO)OC(C)(C)C2)cc1. The average Bonchev–Trinajstić information content (AvgIpc) is 2.45. The molecule has 0 saturated carbocycles. The number of carbonyl (C=O) groups excluding carboxylic acids is 1. The first-order chi connectivity index (χ1) is 9.93. The van der Waals surface area contributed by atoms with Gasteiger partial charge in [-0.05, 0) is 38.1 Å². The summed E-state index contributed by atoms with van der Waals surface area (Å²) in [6.45, 7) is 5.48. The Labute approximate surface area is 125 Å². The van der Waals surface area contributed by atoms with Crippen molar-refractivity contribution in [3.05, 3.63) is 29.8 Å². The Morgan fingerprint density at radius 1 is 1.43 bits per heavy atom. The molecule has 116 valence electrons. The van der Waals surface area contributed by atoms with Gasteiger partial charge in [0.15, 0.2) is 5.78 Å². The zero-order valence-corrected chi connectivity index (χ0v) is 12.8. The molecule has 2 rings (SSSR count). The molecule has 1 aliphatic rings. The molecule has 0 aliphatic carbocycles. The second kappa shape index (κ2) is 6.56. The van der Waals surface area contributed by atoms with Gasteiger partial charge in [0.05, 0.1) is 32.0 Å². The maximum Gasteiger partial charge on any atom is 0.176 e.